The van der Waals surface area contributed by atoms with Crippen LogP contribution in [0.25, 0.3) is 0 Å². The minimum absolute atomic E-state index is 0.342. The van der Waals surface area contributed by atoms with Crippen molar-refractivity contribution in [2.24, 2.45) is 5.92 Å². The molecule has 0 saturated heterocycles. The van der Waals surface area contributed by atoms with Gasteiger partial charge < -0.3 is 14.8 Å². The summed E-state index contributed by atoms with van der Waals surface area (Å²) >= 11 is 6.05. The van der Waals surface area contributed by atoms with Crippen molar-refractivity contribution >= 4 is 17.3 Å². The second-order valence-electron chi connectivity index (χ2n) is 4.36. The quantitative estimate of drug-likeness (QED) is 0.870. The summed E-state index contributed by atoms with van der Waals surface area (Å²) in [5.41, 5.74) is 0.898. The van der Waals surface area contributed by atoms with Crippen molar-refractivity contribution < 1.29 is 9.47 Å². The predicted octanol–water partition coefficient (Wildman–Crippen LogP) is 3.81. The van der Waals surface area contributed by atoms with Gasteiger partial charge in [0.25, 0.3) is 0 Å². The van der Waals surface area contributed by atoms with Crippen LogP contribution in [0.1, 0.15) is 20.8 Å². The largest absolute Gasteiger partial charge is 0.495 e. The Kier molecular flexibility index (Phi) is 4.94. The van der Waals surface area contributed by atoms with Gasteiger partial charge >= 0.3 is 0 Å². The van der Waals surface area contributed by atoms with E-state index < -0.39 is 0 Å². The second kappa shape index (κ2) is 6.01. The Morgan fingerprint density at radius 1 is 1.06 bits per heavy atom. The molecule has 0 heterocycles. The van der Waals surface area contributed by atoms with Crippen LogP contribution < -0.4 is 14.8 Å². The van der Waals surface area contributed by atoms with Gasteiger partial charge in [0, 0.05) is 18.2 Å². The summed E-state index contributed by atoms with van der Waals surface area (Å²) < 4.78 is 10.5. The molecule has 4 heteroatoms. The molecular weight excluding hydrogens is 238 g/mol. The van der Waals surface area contributed by atoms with Gasteiger partial charge in [-0.25, -0.2) is 0 Å². The summed E-state index contributed by atoms with van der Waals surface area (Å²) in [7, 11) is 3.23. The number of halogens is 1. The molecule has 1 unspecified atom stereocenters. The van der Waals surface area contributed by atoms with Crippen LogP contribution >= 0.6 is 11.6 Å². The molecule has 0 aliphatic rings. The van der Waals surface area contributed by atoms with Crippen LogP contribution in [-0.2, 0) is 0 Å². The first-order valence-electron chi connectivity index (χ1n) is 5.67. The molecule has 1 aromatic carbocycles. The zero-order valence-corrected chi connectivity index (χ0v) is 11.8. The summed E-state index contributed by atoms with van der Waals surface area (Å²) in [4.78, 5) is 0. The second-order valence-corrected chi connectivity index (χ2v) is 4.77. The smallest absolute Gasteiger partial charge is 0.143 e. The third-order valence-corrected chi connectivity index (χ3v) is 3.15. The van der Waals surface area contributed by atoms with E-state index in [1.54, 1.807) is 20.3 Å². The van der Waals surface area contributed by atoms with Crippen LogP contribution in [-0.4, -0.2) is 20.3 Å². The zero-order chi connectivity index (χ0) is 13.0. The lowest BCUT2D eigenvalue weighted by molar-refractivity contribution is 0.403. The van der Waals surface area contributed by atoms with Crippen LogP contribution in [0.15, 0.2) is 12.1 Å². The molecule has 0 aromatic heterocycles. The van der Waals surface area contributed by atoms with E-state index in [0.29, 0.717) is 22.7 Å². The number of anilines is 1. The van der Waals surface area contributed by atoms with Gasteiger partial charge in [-0.05, 0) is 12.8 Å². The molecule has 0 amide bonds. The number of methoxy groups -OCH3 is 2. The van der Waals surface area contributed by atoms with Crippen molar-refractivity contribution in [2.45, 2.75) is 26.8 Å². The molecule has 1 atom stereocenters. The zero-order valence-electron chi connectivity index (χ0n) is 11.0. The topological polar surface area (TPSA) is 30.5 Å². The van der Waals surface area contributed by atoms with Crippen LogP contribution in [0, 0.1) is 5.92 Å². The number of rotatable bonds is 5. The monoisotopic (exact) mass is 257 g/mol. The molecule has 0 bridgehead atoms. The van der Waals surface area contributed by atoms with E-state index in [-0.39, 0.29) is 0 Å². The van der Waals surface area contributed by atoms with E-state index >= 15 is 0 Å². The number of nitrogens with one attached hydrogen (secondary N) is 1. The molecule has 0 aliphatic carbocycles. The lowest BCUT2D eigenvalue weighted by Gasteiger charge is -2.21. The standard InChI is InChI=1S/C13H20ClNO2/c1-8(2)9(3)15-11-7-12(16-4)10(14)6-13(11)17-5/h6-9,15H,1-5H3. The van der Waals surface area contributed by atoms with Crippen LogP contribution in [0.2, 0.25) is 5.02 Å². The van der Waals surface area contributed by atoms with Crippen molar-refractivity contribution in [2.75, 3.05) is 19.5 Å². The first kappa shape index (κ1) is 14.0. The summed E-state index contributed by atoms with van der Waals surface area (Å²) in [6.45, 7) is 6.46. The van der Waals surface area contributed by atoms with Gasteiger partial charge in [0.1, 0.15) is 11.5 Å². The normalized spacial score (nSPS) is 12.4. The molecule has 0 aliphatic heterocycles. The van der Waals surface area contributed by atoms with Crippen molar-refractivity contribution in [3.63, 3.8) is 0 Å². The van der Waals surface area contributed by atoms with Gasteiger partial charge in [0.05, 0.1) is 24.9 Å². The Morgan fingerprint density at radius 3 is 2.12 bits per heavy atom. The Bertz CT molecular complexity index is 380. The van der Waals surface area contributed by atoms with Gasteiger partial charge in [0.15, 0.2) is 0 Å². The number of ether oxygens (including phenoxy) is 2. The summed E-state index contributed by atoms with van der Waals surface area (Å²) in [6.07, 6.45) is 0. The molecule has 96 valence electrons. The van der Waals surface area contributed by atoms with Crippen molar-refractivity contribution in [3.8, 4) is 11.5 Å². The van der Waals surface area contributed by atoms with E-state index in [0.717, 1.165) is 11.4 Å². The third kappa shape index (κ3) is 3.43. The van der Waals surface area contributed by atoms with Gasteiger partial charge in [0.2, 0.25) is 0 Å². The number of hydrogen-bond acceptors (Lipinski definition) is 3. The first-order chi connectivity index (χ1) is 7.99. The summed E-state index contributed by atoms with van der Waals surface area (Å²) in [5, 5.41) is 3.95. The maximum atomic E-state index is 6.05. The highest BCUT2D eigenvalue weighted by Gasteiger charge is 2.13. The molecular formula is C13H20ClNO2. The van der Waals surface area contributed by atoms with Crippen molar-refractivity contribution in [3.05, 3.63) is 17.2 Å². The highest BCUT2D eigenvalue weighted by molar-refractivity contribution is 6.32. The minimum atomic E-state index is 0.342. The SMILES string of the molecule is COc1cc(NC(C)C(C)C)c(OC)cc1Cl. The van der Waals surface area contributed by atoms with Crippen LogP contribution in [0.3, 0.4) is 0 Å². The van der Waals surface area contributed by atoms with E-state index in [2.05, 4.69) is 26.1 Å². The Balaban J connectivity index is 3.04. The Morgan fingerprint density at radius 2 is 1.65 bits per heavy atom. The van der Waals surface area contributed by atoms with Gasteiger partial charge in [-0.15, -0.1) is 0 Å². The average Bonchev–Trinajstić information content (AvgIpc) is 2.30. The molecule has 0 fully saturated rings. The van der Waals surface area contributed by atoms with Gasteiger partial charge in [-0.1, -0.05) is 25.4 Å². The van der Waals surface area contributed by atoms with Crippen LogP contribution in [0.5, 0.6) is 11.5 Å². The lowest BCUT2D eigenvalue weighted by atomic mass is 10.1. The summed E-state index contributed by atoms with van der Waals surface area (Å²) in [6, 6.07) is 3.96. The number of hydrogen-bond donors (Lipinski definition) is 1. The Hall–Kier alpha value is -1.09. The molecule has 0 saturated carbocycles. The van der Waals surface area contributed by atoms with E-state index in [4.69, 9.17) is 21.1 Å². The van der Waals surface area contributed by atoms with Gasteiger partial charge in [-0.2, -0.15) is 0 Å². The van der Waals surface area contributed by atoms with Crippen LogP contribution in [0.4, 0.5) is 5.69 Å². The van der Waals surface area contributed by atoms with E-state index in [1.807, 2.05) is 6.07 Å². The molecule has 0 radical (unpaired) electrons. The summed E-state index contributed by atoms with van der Waals surface area (Å²) in [5.74, 6) is 1.90. The highest BCUT2D eigenvalue weighted by Crippen LogP contribution is 2.36. The minimum Gasteiger partial charge on any atom is -0.495 e. The van der Waals surface area contributed by atoms with Gasteiger partial charge in [-0.3, -0.25) is 0 Å². The fraction of sp³-hybridized carbons (Fsp3) is 0.538. The highest BCUT2D eigenvalue weighted by atomic mass is 35.5. The van der Waals surface area contributed by atoms with E-state index in [1.165, 1.54) is 0 Å². The maximum absolute atomic E-state index is 6.05. The molecule has 1 aromatic rings. The first-order valence-corrected chi connectivity index (χ1v) is 6.05. The van der Waals surface area contributed by atoms with Crippen molar-refractivity contribution in [1.29, 1.82) is 0 Å². The van der Waals surface area contributed by atoms with Crippen molar-refractivity contribution in [1.82, 2.24) is 0 Å². The molecule has 1 rings (SSSR count). The molecule has 3 nitrogen and oxygen atoms in total. The molecule has 0 spiro atoms. The Labute approximate surface area is 108 Å². The lowest BCUT2D eigenvalue weighted by Crippen LogP contribution is -2.21. The maximum Gasteiger partial charge on any atom is 0.143 e. The fourth-order valence-electron chi connectivity index (χ4n) is 1.39. The fourth-order valence-corrected chi connectivity index (χ4v) is 1.62. The average molecular weight is 258 g/mol. The molecule has 1 N–H and O–H groups in total. The third-order valence-electron chi connectivity index (χ3n) is 2.86. The van der Waals surface area contributed by atoms with E-state index in [9.17, 15) is 0 Å². The predicted molar refractivity (Wildman–Crippen MR) is 72.5 cm³/mol. The number of benzene rings is 1. The molecule has 17 heavy (non-hydrogen) atoms.